The van der Waals surface area contributed by atoms with Crippen molar-refractivity contribution in [2.45, 2.75) is 20.8 Å². The van der Waals surface area contributed by atoms with E-state index in [0.29, 0.717) is 13.2 Å². The van der Waals surface area contributed by atoms with Crippen LogP contribution in [0.25, 0.3) is 0 Å². The van der Waals surface area contributed by atoms with Gasteiger partial charge in [0.25, 0.3) is 0 Å². The van der Waals surface area contributed by atoms with Gasteiger partial charge in [0.2, 0.25) is 5.91 Å². The summed E-state index contributed by atoms with van der Waals surface area (Å²) in [4.78, 5) is 11.6. The van der Waals surface area contributed by atoms with Crippen LogP contribution >= 0.6 is 0 Å². The van der Waals surface area contributed by atoms with Crippen LogP contribution in [0.2, 0.25) is 0 Å². The Kier molecular flexibility index (Phi) is 5.01. The first kappa shape index (κ1) is 14.4. The molecule has 18 heavy (non-hydrogen) atoms. The van der Waals surface area contributed by atoms with Crippen LogP contribution in [0.3, 0.4) is 0 Å². The van der Waals surface area contributed by atoms with E-state index in [1.807, 2.05) is 45.0 Å². The number of hydrogen-bond acceptors (Lipinski definition) is 3. The van der Waals surface area contributed by atoms with Crippen molar-refractivity contribution >= 4 is 5.91 Å². The van der Waals surface area contributed by atoms with Crippen molar-refractivity contribution < 1.29 is 14.3 Å². The number of ether oxygens (including phenoxy) is 2. The molecule has 1 amide bonds. The van der Waals surface area contributed by atoms with Crippen molar-refractivity contribution in [3.63, 3.8) is 0 Å². The van der Waals surface area contributed by atoms with Crippen LogP contribution in [-0.2, 0) is 4.79 Å². The number of hydrogen-bond donors (Lipinski definition) is 1. The van der Waals surface area contributed by atoms with E-state index in [1.54, 1.807) is 7.11 Å². The Morgan fingerprint density at radius 2 is 1.72 bits per heavy atom. The Balaban J connectivity index is 2.27. The summed E-state index contributed by atoms with van der Waals surface area (Å²) in [5.74, 6) is 1.59. The Morgan fingerprint density at radius 1 is 1.17 bits per heavy atom. The Morgan fingerprint density at radius 3 is 2.22 bits per heavy atom. The summed E-state index contributed by atoms with van der Waals surface area (Å²) < 4.78 is 10.5. The lowest BCUT2D eigenvalue weighted by atomic mass is 9.96. The summed E-state index contributed by atoms with van der Waals surface area (Å²) in [7, 11) is 1.62. The Labute approximate surface area is 108 Å². The number of carbonyl (C=O) groups excluding carboxylic acids is 1. The van der Waals surface area contributed by atoms with Gasteiger partial charge in [0, 0.05) is 5.41 Å². The highest BCUT2D eigenvalue weighted by Gasteiger charge is 2.20. The molecule has 1 rings (SSSR count). The fraction of sp³-hybridized carbons (Fsp3) is 0.500. The zero-order valence-corrected chi connectivity index (χ0v) is 11.4. The highest BCUT2D eigenvalue weighted by molar-refractivity contribution is 5.81. The van der Waals surface area contributed by atoms with Crippen molar-refractivity contribution in [2.75, 3.05) is 20.3 Å². The van der Waals surface area contributed by atoms with Crippen LogP contribution in [0.1, 0.15) is 20.8 Å². The monoisotopic (exact) mass is 251 g/mol. The number of benzene rings is 1. The van der Waals surface area contributed by atoms with Crippen LogP contribution < -0.4 is 14.8 Å². The molecule has 0 bridgehead atoms. The summed E-state index contributed by atoms with van der Waals surface area (Å²) in [6.07, 6.45) is 0. The number of nitrogens with one attached hydrogen (secondary N) is 1. The molecule has 4 nitrogen and oxygen atoms in total. The minimum atomic E-state index is -0.361. The van der Waals surface area contributed by atoms with E-state index in [9.17, 15) is 4.79 Å². The average molecular weight is 251 g/mol. The predicted molar refractivity (Wildman–Crippen MR) is 71.0 cm³/mol. The quantitative estimate of drug-likeness (QED) is 0.816. The summed E-state index contributed by atoms with van der Waals surface area (Å²) in [6, 6.07) is 7.35. The molecule has 1 aromatic carbocycles. The molecular formula is C14H21NO3. The smallest absolute Gasteiger partial charge is 0.225 e. The summed E-state index contributed by atoms with van der Waals surface area (Å²) in [5, 5.41) is 2.83. The summed E-state index contributed by atoms with van der Waals surface area (Å²) in [6.45, 7) is 6.60. The fourth-order valence-electron chi connectivity index (χ4n) is 1.27. The first-order chi connectivity index (χ1) is 8.43. The molecule has 0 aromatic heterocycles. The van der Waals surface area contributed by atoms with Crippen LogP contribution in [0.15, 0.2) is 24.3 Å². The first-order valence-electron chi connectivity index (χ1n) is 5.98. The van der Waals surface area contributed by atoms with Crippen LogP contribution in [0.4, 0.5) is 0 Å². The van der Waals surface area contributed by atoms with E-state index in [0.717, 1.165) is 11.5 Å². The molecular weight excluding hydrogens is 230 g/mol. The third-order valence-electron chi connectivity index (χ3n) is 2.40. The molecule has 0 aliphatic heterocycles. The van der Waals surface area contributed by atoms with Crippen molar-refractivity contribution in [3.8, 4) is 11.5 Å². The van der Waals surface area contributed by atoms with Gasteiger partial charge in [0.05, 0.1) is 13.7 Å². The first-order valence-corrected chi connectivity index (χ1v) is 5.98. The van der Waals surface area contributed by atoms with Gasteiger partial charge in [-0.15, -0.1) is 0 Å². The minimum absolute atomic E-state index is 0.0285. The maximum absolute atomic E-state index is 11.6. The van der Waals surface area contributed by atoms with E-state index in [2.05, 4.69) is 5.32 Å². The Bertz CT molecular complexity index is 379. The topological polar surface area (TPSA) is 47.6 Å². The zero-order chi connectivity index (χ0) is 13.6. The molecule has 0 heterocycles. The van der Waals surface area contributed by atoms with Gasteiger partial charge in [-0.3, -0.25) is 4.79 Å². The highest BCUT2D eigenvalue weighted by atomic mass is 16.5. The molecule has 0 spiro atoms. The van der Waals surface area contributed by atoms with Crippen LogP contribution in [0, 0.1) is 5.41 Å². The molecule has 0 aliphatic rings. The molecule has 0 saturated carbocycles. The second-order valence-electron chi connectivity index (χ2n) is 5.03. The van der Waals surface area contributed by atoms with E-state index in [1.165, 1.54) is 0 Å². The molecule has 4 heteroatoms. The molecule has 1 N–H and O–H groups in total. The lowest BCUT2D eigenvalue weighted by molar-refractivity contribution is -0.128. The lowest BCUT2D eigenvalue weighted by Crippen LogP contribution is -2.37. The van der Waals surface area contributed by atoms with E-state index in [-0.39, 0.29) is 11.3 Å². The number of carbonyl (C=O) groups is 1. The fourth-order valence-corrected chi connectivity index (χ4v) is 1.27. The molecule has 0 saturated heterocycles. The standard InChI is InChI=1S/C14H21NO3/c1-14(2,3)13(16)15-9-10-18-12-7-5-11(17-4)6-8-12/h5-8H,9-10H2,1-4H3,(H,15,16). The van der Waals surface area contributed by atoms with Crippen molar-refractivity contribution in [1.82, 2.24) is 5.32 Å². The van der Waals surface area contributed by atoms with Crippen LogP contribution in [0.5, 0.6) is 11.5 Å². The molecule has 0 fully saturated rings. The van der Waals surface area contributed by atoms with Gasteiger partial charge < -0.3 is 14.8 Å². The van der Waals surface area contributed by atoms with Gasteiger partial charge in [-0.1, -0.05) is 20.8 Å². The molecule has 100 valence electrons. The van der Waals surface area contributed by atoms with E-state index < -0.39 is 0 Å². The van der Waals surface area contributed by atoms with Gasteiger partial charge in [0.1, 0.15) is 18.1 Å². The number of rotatable bonds is 5. The van der Waals surface area contributed by atoms with Gasteiger partial charge in [-0.25, -0.2) is 0 Å². The molecule has 1 aromatic rings. The van der Waals surface area contributed by atoms with Crippen molar-refractivity contribution in [3.05, 3.63) is 24.3 Å². The maximum Gasteiger partial charge on any atom is 0.225 e. The molecule has 0 unspecified atom stereocenters. The summed E-state index contributed by atoms with van der Waals surface area (Å²) >= 11 is 0. The zero-order valence-electron chi connectivity index (χ0n) is 11.4. The van der Waals surface area contributed by atoms with Crippen molar-refractivity contribution in [2.24, 2.45) is 5.41 Å². The third kappa shape index (κ3) is 4.65. The molecule has 0 radical (unpaired) electrons. The lowest BCUT2D eigenvalue weighted by Gasteiger charge is -2.17. The van der Waals surface area contributed by atoms with Gasteiger partial charge in [-0.2, -0.15) is 0 Å². The second kappa shape index (κ2) is 6.28. The third-order valence-corrected chi connectivity index (χ3v) is 2.40. The number of amides is 1. The maximum atomic E-state index is 11.6. The average Bonchev–Trinajstić information content (AvgIpc) is 2.34. The van der Waals surface area contributed by atoms with Gasteiger partial charge >= 0.3 is 0 Å². The largest absolute Gasteiger partial charge is 0.497 e. The second-order valence-corrected chi connectivity index (χ2v) is 5.03. The minimum Gasteiger partial charge on any atom is -0.497 e. The van der Waals surface area contributed by atoms with Crippen LogP contribution in [-0.4, -0.2) is 26.2 Å². The summed E-state index contributed by atoms with van der Waals surface area (Å²) in [5.41, 5.74) is -0.361. The van der Waals surface area contributed by atoms with Gasteiger partial charge in [0.15, 0.2) is 0 Å². The predicted octanol–water partition coefficient (Wildman–Crippen LogP) is 2.24. The van der Waals surface area contributed by atoms with Crippen molar-refractivity contribution in [1.29, 1.82) is 0 Å². The number of methoxy groups -OCH3 is 1. The van der Waals surface area contributed by atoms with Gasteiger partial charge in [-0.05, 0) is 24.3 Å². The normalized spacial score (nSPS) is 10.9. The SMILES string of the molecule is COc1ccc(OCCNC(=O)C(C)(C)C)cc1. The molecule has 0 aliphatic carbocycles. The Hall–Kier alpha value is -1.71. The van der Waals surface area contributed by atoms with E-state index >= 15 is 0 Å². The highest BCUT2D eigenvalue weighted by Crippen LogP contribution is 2.16. The van der Waals surface area contributed by atoms with E-state index in [4.69, 9.17) is 9.47 Å². The molecule has 0 atom stereocenters.